The van der Waals surface area contributed by atoms with Gasteiger partial charge in [-0.15, -0.1) is 11.3 Å². The molecular weight excluding hydrogens is 432 g/mol. The maximum Gasteiger partial charge on any atom is 0.277 e. The standard InChI is InChI=1S/C26H26N4O2S/c1-18-9-11-21(12-10-18)30-25(32)23-22(13-15-33-23)28-26(30)29-14-5-8-20(17-29)24(31)27-16-19-6-3-2-4-7-19/h2-4,6-7,9-13,15,20H,5,8,14,16-17H2,1H3,(H,27,31)/t20-/m0/s1. The fourth-order valence-electron chi connectivity index (χ4n) is 4.34. The number of benzene rings is 2. The van der Waals surface area contributed by atoms with Crippen LogP contribution in [0.1, 0.15) is 24.0 Å². The zero-order valence-corrected chi connectivity index (χ0v) is 19.3. The van der Waals surface area contributed by atoms with Gasteiger partial charge in [-0.25, -0.2) is 9.55 Å². The number of hydrogen-bond acceptors (Lipinski definition) is 5. The highest BCUT2D eigenvalue weighted by molar-refractivity contribution is 7.17. The van der Waals surface area contributed by atoms with Crippen molar-refractivity contribution in [3.8, 4) is 5.69 Å². The number of amides is 1. The largest absolute Gasteiger partial charge is 0.352 e. The summed E-state index contributed by atoms with van der Waals surface area (Å²) in [6.45, 7) is 3.84. The zero-order chi connectivity index (χ0) is 22.8. The number of fused-ring (bicyclic) bond motifs is 1. The van der Waals surface area contributed by atoms with Gasteiger partial charge in [0.25, 0.3) is 5.56 Å². The van der Waals surface area contributed by atoms with Crippen LogP contribution in [0.2, 0.25) is 0 Å². The van der Waals surface area contributed by atoms with Gasteiger partial charge >= 0.3 is 0 Å². The highest BCUT2D eigenvalue weighted by atomic mass is 32.1. The topological polar surface area (TPSA) is 67.2 Å². The molecule has 2 aromatic carbocycles. The van der Waals surface area contributed by atoms with E-state index in [2.05, 4.69) is 10.2 Å². The second-order valence-electron chi connectivity index (χ2n) is 8.51. The molecule has 1 atom stereocenters. The molecule has 5 rings (SSSR count). The van der Waals surface area contributed by atoms with Gasteiger partial charge in [-0.2, -0.15) is 0 Å². The van der Waals surface area contributed by atoms with Crippen LogP contribution in [0.3, 0.4) is 0 Å². The lowest BCUT2D eigenvalue weighted by molar-refractivity contribution is -0.125. The Bertz CT molecular complexity index is 1330. The van der Waals surface area contributed by atoms with E-state index in [1.165, 1.54) is 11.3 Å². The second-order valence-corrected chi connectivity index (χ2v) is 9.43. The zero-order valence-electron chi connectivity index (χ0n) is 18.5. The average molecular weight is 459 g/mol. The number of anilines is 1. The van der Waals surface area contributed by atoms with Crippen LogP contribution in [0.5, 0.6) is 0 Å². The normalized spacial score (nSPS) is 16.2. The van der Waals surface area contributed by atoms with Gasteiger partial charge in [0, 0.05) is 19.6 Å². The molecule has 0 bridgehead atoms. The van der Waals surface area contributed by atoms with Crippen LogP contribution in [-0.4, -0.2) is 28.5 Å². The highest BCUT2D eigenvalue weighted by Crippen LogP contribution is 2.26. The lowest BCUT2D eigenvalue weighted by atomic mass is 9.97. The number of hydrogen-bond donors (Lipinski definition) is 1. The number of thiophene rings is 1. The molecule has 0 radical (unpaired) electrons. The summed E-state index contributed by atoms with van der Waals surface area (Å²) >= 11 is 1.41. The van der Waals surface area contributed by atoms with Gasteiger partial charge in [-0.05, 0) is 48.9 Å². The first kappa shape index (κ1) is 21.4. The van der Waals surface area contributed by atoms with Crippen LogP contribution in [0.15, 0.2) is 70.8 Å². The molecule has 0 aliphatic carbocycles. The first-order chi connectivity index (χ1) is 16.1. The third kappa shape index (κ3) is 4.41. The molecule has 1 amide bonds. The molecule has 0 spiro atoms. The molecule has 6 nitrogen and oxygen atoms in total. The fraction of sp³-hybridized carbons (Fsp3) is 0.269. The molecule has 0 saturated carbocycles. The molecule has 1 fully saturated rings. The highest BCUT2D eigenvalue weighted by Gasteiger charge is 2.29. The van der Waals surface area contributed by atoms with Gasteiger partial charge in [-0.1, -0.05) is 48.0 Å². The van der Waals surface area contributed by atoms with E-state index in [1.54, 1.807) is 4.57 Å². The monoisotopic (exact) mass is 458 g/mol. The number of carbonyl (C=O) groups is 1. The molecule has 2 aromatic heterocycles. The third-order valence-electron chi connectivity index (χ3n) is 6.14. The first-order valence-electron chi connectivity index (χ1n) is 11.2. The van der Waals surface area contributed by atoms with Crippen molar-refractivity contribution in [1.29, 1.82) is 0 Å². The Balaban J connectivity index is 1.44. The molecule has 0 unspecified atom stereocenters. The Morgan fingerprint density at radius 2 is 1.91 bits per heavy atom. The number of nitrogens with one attached hydrogen (secondary N) is 1. The first-order valence-corrected chi connectivity index (χ1v) is 12.1. The summed E-state index contributed by atoms with van der Waals surface area (Å²) in [5.41, 5.74) is 3.64. The molecule has 7 heteroatoms. The minimum absolute atomic E-state index is 0.0457. The molecule has 168 valence electrons. The quantitative estimate of drug-likeness (QED) is 0.485. The number of aromatic nitrogens is 2. The summed E-state index contributed by atoms with van der Waals surface area (Å²) in [5.74, 6) is 0.503. The van der Waals surface area contributed by atoms with Gasteiger partial charge in [-0.3, -0.25) is 9.59 Å². The second kappa shape index (κ2) is 9.19. The van der Waals surface area contributed by atoms with E-state index in [1.807, 2.05) is 73.0 Å². The minimum atomic E-state index is -0.149. The molecule has 3 heterocycles. The van der Waals surface area contributed by atoms with Gasteiger partial charge in [0.2, 0.25) is 11.9 Å². The average Bonchev–Trinajstić information content (AvgIpc) is 3.33. The summed E-state index contributed by atoms with van der Waals surface area (Å²) in [4.78, 5) is 33.4. The predicted molar refractivity (Wildman–Crippen MR) is 133 cm³/mol. The maximum absolute atomic E-state index is 13.4. The predicted octanol–water partition coefficient (Wildman–Crippen LogP) is 4.29. The molecule has 1 aliphatic rings. The Hall–Kier alpha value is -3.45. The lowest BCUT2D eigenvalue weighted by Crippen LogP contribution is -2.45. The van der Waals surface area contributed by atoms with E-state index in [0.29, 0.717) is 29.3 Å². The summed E-state index contributed by atoms with van der Waals surface area (Å²) in [6, 6.07) is 19.7. The molecule has 1 N–H and O–H groups in total. The molecular formula is C26H26N4O2S. The number of piperidine rings is 1. The van der Waals surface area contributed by atoms with Gasteiger partial charge in [0.15, 0.2) is 0 Å². The van der Waals surface area contributed by atoms with Crippen molar-refractivity contribution in [1.82, 2.24) is 14.9 Å². The van der Waals surface area contributed by atoms with E-state index < -0.39 is 0 Å². The summed E-state index contributed by atoms with van der Waals surface area (Å²) in [7, 11) is 0. The fourth-order valence-corrected chi connectivity index (χ4v) is 5.10. The summed E-state index contributed by atoms with van der Waals surface area (Å²) < 4.78 is 2.34. The van der Waals surface area contributed by atoms with Crippen LogP contribution < -0.4 is 15.8 Å². The van der Waals surface area contributed by atoms with Crippen LogP contribution in [-0.2, 0) is 11.3 Å². The smallest absolute Gasteiger partial charge is 0.277 e. The Labute approximate surface area is 196 Å². The van der Waals surface area contributed by atoms with Crippen LogP contribution in [0.4, 0.5) is 5.95 Å². The lowest BCUT2D eigenvalue weighted by Gasteiger charge is -2.34. The van der Waals surface area contributed by atoms with Crippen molar-refractivity contribution in [3.05, 3.63) is 87.5 Å². The van der Waals surface area contributed by atoms with Crippen molar-refractivity contribution in [2.45, 2.75) is 26.3 Å². The van der Waals surface area contributed by atoms with Crippen LogP contribution in [0.25, 0.3) is 15.9 Å². The maximum atomic E-state index is 13.4. The molecule has 4 aromatic rings. The van der Waals surface area contributed by atoms with E-state index in [9.17, 15) is 9.59 Å². The van der Waals surface area contributed by atoms with Gasteiger partial charge in [0.1, 0.15) is 4.70 Å². The van der Waals surface area contributed by atoms with Crippen molar-refractivity contribution in [2.24, 2.45) is 5.92 Å². The van der Waals surface area contributed by atoms with E-state index >= 15 is 0 Å². The van der Waals surface area contributed by atoms with Gasteiger partial charge in [0.05, 0.1) is 17.1 Å². The Morgan fingerprint density at radius 3 is 2.70 bits per heavy atom. The van der Waals surface area contributed by atoms with Crippen molar-refractivity contribution >= 4 is 33.4 Å². The SMILES string of the molecule is Cc1ccc(-n2c(N3CCC[C@H](C(=O)NCc4ccccc4)C3)nc3ccsc3c2=O)cc1. The van der Waals surface area contributed by atoms with Crippen molar-refractivity contribution < 1.29 is 4.79 Å². The summed E-state index contributed by atoms with van der Waals surface area (Å²) in [6.07, 6.45) is 1.70. The third-order valence-corrected chi connectivity index (χ3v) is 7.03. The number of rotatable bonds is 5. The minimum Gasteiger partial charge on any atom is -0.352 e. The van der Waals surface area contributed by atoms with Crippen LogP contribution in [0, 0.1) is 12.8 Å². The Kier molecular flexibility index (Phi) is 5.96. The van der Waals surface area contributed by atoms with E-state index in [4.69, 9.17) is 4.98 Å². The van der Waals surface area contributed by atoms with Crippen molar-refractivity contribution in [3.63, 3.8) is 0 Å². The van der Waals surface area contributed by atoms with Gasteiger partial charge < -0.3 is 10.2 Å². The molecule has 1 saturated heterocycles. The number of carbonyl (C=O) groups excluding carboxylic acids is 1. The number of nitrogens with zero attached hydrogens (tertiary/aromatic N) is 3. The summed E-state index contributed by atoms with van der Waals surface area (Å²) in [5, 5.41) is 4.98. The van der Waals surface area contributed by atoms with Crippen molar-refractivity contribution in [2.75, 3.05) is 18.0 Å². The molecule has 1 aliphatic heterocycles. The Morgan fingerprint density at radius 1 is 1.12 bits per heavy atom. The molecule has 33 heavy (non-hydrogen) atoms. The van der Waals surface area contributed by atoms with E-state index in [0.717, 1.165) is 36.2 Å². The van der Waals surface area contributed by atoms with E-state index in [-0.39, 0.29) is 17.4 Å². The van der Waals surface area contributed by atoms with Crippen LogP contribution >= 0.6 is 11.3 Å². The number of aryl methyl sites for hydroxylation is 1.